The molecule has 0 saturated carbocycles. The summed E-state index contributed by atoms with van der Waals surface area (Å²) in [6, 6.07) is 25.9. The zero-order valence-electron chi connectivity index (χ0n) is 19.2. The van der Waals surface area contributed by atoms with Gasteiger partial charge in [0.2, 0.25) is 0 Å². The van der Waals surface area contributed by atoms with E-state index >= 15 is 0 Å². The molecule has 6 rings (SSSR count). The highest BCUT2D eigenvalue weighted by atomic mass is 32.2. The fourth-order valence-corrected chi connectivity index (χ4v) is 7.39. The molecular weight excluding hydrogens is 492 g/mol. The van der Waals surface area contributed by atoms with Crippen molar-refractivity contribution in [2.45, 2.75) is 16.7 Å². The van der Waals surface area contributed by atoms with E-state index in [9.17, 15) is 18.0 Å². The number of hydrogen-bond donors (Lipinski definition) is 0. The summed E-state index contributed by atoms with van der Waals surface area (Å²) >= 11 is 1.37. The third kappa shape index (κ3) is 3.14. The first-order chi connectivity index (χ1) is 17.4. The van der Waals surface area contributed by atoms with Gasteiger partial charge in [-0.15, -0.1) is 11.8 Å². The van der Waals surface area contributed by atoms with Crippen LogP contribution >= 0.6 is 11.8 Å². The number of anilines is 1. The maximum atomic E-state index is 14.0. The maximum absolute atomic E-state index is 14.0. The topological polar surface area (TPSA) is 76.5 Å². The van der Waals surface area contributed by atoms with Crippen molar-refractivity contribution in [1.82, 2.24) is 3.97 Å². The Morgan fingerprint density at radius 1 is 0.778 bits per heavy atom. The molecule has 1 aliphatic rings. The fraction of sp³-hybridized carbons (Fsp3) is 0.0714. The van der Waals surface area contributed by atoms with Crippen molar-refractivity contribution >= 4 is 61.1 Å². The van der Waals surface area contributed by atoms with Gasteiger partial charge in [-0.3, -0.25) is 9.59 Å². The zero-order valence-corrected chi connectivity index (χ0v) is 20.8. The molecule has 0 fully saturated rings. The second kappa shape index (κ2) is 8.36. The van der Waals surface area contributed by atoms with Gasteiger partial charge in [0.1, 0.15) is 0 Å². The highest BCUT2D eigenvalue weighted by Crippen LogP contribution is 2.44. The lowest BCUT2D eigenvalue weighted by Gasteiger charge is -2.14. The van der Waals surface area contributed by atoms with E-state index in [1.54, 1.807) is 72.8 Å². The first-order valence-corrected chi connectivity index (χ1v) is 13.8. The van der Waals surface area contributed by atoms with E-state index in [4.69, 9.17) is 0 Å². The molecule has 0 atom stereocenters. The van der Waals surface area contributed by atoms with Crippen LogP contribution in [0.5, 0.6) is 0 Å². The minimum atomic E-state index is -4.01. The highest BCUT2D eigenvalue weighted by Gasteiger charge is 2.41. The van der Waals surface area contributed by atoms with Crippen molar-refractivity contribution in [3.8, 4) is 0 Å². The molecule has 8 heteroatoms. The van der Waals surface area contributed by atoms with Crippen molar-refractivity contribution in [3.05, 3.63) is 102 Å². The molecule has 6 nitrogen and oxygen atoms in total. The fourth-order valence-electron chi connectivity index (χ4n) is 4.80. The Labute approximate surface area is 212 Å². The van der Waals surface area contributed by atoms with E-state index in [-0.39, 0.29) is 16.0 Å². The van der Waals surface area contributed by atoms with Crippen molar-refractivity contribution < 1.29 is 18.0 Å². The van der Waals surface area contributed by atoms with Crippen LogP contribution in [0.4, 0.5) is 5.69 Å². The van der Waals surface area contributed by atoms with Gasteiger partial charge in [-0.1, -0.05) is 61.5 Å². The number of para-hydroxylation sites is 2. The van der Waals surface area contributed by atoms with E-state index < -0.39 is 21.8 Å². The summed E-state index contributed by atoms with van der Waals surface area (Å²) in [6.07, 6.45) is 0. The van der Waals surface area contributed by atoms with Crippen molar-refractivity contribution in [3.63, 3.8) is 0 Å². The molecule has 0 bridgehead atoms. The number of fused-ring (bicyclic) bond motifs is 4. The van der Waals surface area contributed by atoms with E-state index in [0.717, 1.165) is 0 Å². The van der Waals surface area contributed by atoms with Gasteiger partial charge in [-0.25, -0.2) is 17.3 Å². The van der Waals surface area contributed by atoms with E-state index in [1.807, 2.05) is 25.1 Å². The molecule has 36 heavy (non-hydrogen) atoms. The highest BCUT2D eigenvalue weighted by molar-refractivity contribution is 7.99. The van der Waals surface area contributed by atoms with Crippen LogP contribution in [0.15, 0.2) is 101 Å². The second-order valence-corrected chi connectivity index (χ2v) is 11.4. The number of benzene rings is 4. The second-order valence-electron chi connectivity index (χ2n) is 8.34. The average molecular weight is 513 g/mol. The number of rotatable bonds is 5. The largest absolute Gasteiger partial charge is 0.268 e. The summed E-state index contributed by atoms with van der Waals surface area (Å²) < 4.78 is 29.3. The number of carbonyl (C=O) groups excluding carboxylic acids is 2. The molecule has 1 aliphatic heterocycles. The lowest BCUT2D eigenvalue weighted by atomic mass is 10.0. The Bertz CT molecular complexity index is 1790. The van der Waals surface area contributed by atoms with Crippen LogP contribution in [0.1, 0.15) is 27.6 Å². The zero-order chi connectivity index (χ0) is 25.0. The van der Waals surface area contributed by atoms with Gasteiger partial charge in [0.05, 0.1) is 32.7 Å². The summed E-state index contributed by atoms with van der Waals surface area (Å²) in [5.74, 6) is -0.276. The predicted molar refractivity (Wildman–Crippen MR) is 142 cm³/mol. The van der Waals surface area contributed by atoms with E-state index in [2.05, 4.69) is 0 Å². The molecule has 2 heterocycles. The van der Waals surface area contributed by atoms with Gasteiger partial charge in [-0.2, -0.15) is 0 Å². The number of aromatic nitrogens is 1. The van der Waals surface area contributed by atoms with Crippen LogP contribution in [0.25, 0.3) is 21.8 Å². The molecule has 0 spiro atoms. The van der Waals surface area contributed by atoms with Crippen molar-refractivity contribution in [2.75, 3.05) is 10.7 Å². The van der Waals surface area contributed by atoms with Crippen LogP contribution in [0, 0.1) is 0 Å². The number of thioether (sulfide) groups is 1. The van der Waals surface area contributed by atoms with Gasteiger partial charge < -0.3 is 0 Å². The van der Waals surface area contributed by atoms with Crippen LogP contribution in [-0.2, 0) is 10.0 Å². The first-order valence-electron chi connectivity index (χ1n) is 11.4. The number of hydrogen-bond acceptors (Lipinski definition) is 5. The van der Waals surface area contributed by atoms with Gasteiger partial charge in [0.25, 0.3) is 21.8 Å². The molecule has 5 aromatic rings. The smallest absolute Gasteiger partial charge is 0.268 e. The number of imide groups is 1. The Hall–Kier alpha value is -3.88. The van der Waals surface area contributed by atoms with Gasteiger partial charge in [0.15, 0.2) is 0 Å². The Balaban J connectivity index is 1.74. The minimum Gasteiger partial charge on any atom is -0.268 e. The van der Waals surface area contributed by atoms with Crippen molar-refractivity contribution in [2.24, 2.45) is 0 Å². The van der Waals surface area contributed by atoms with Gasteiger partial charge in [0, 0.05) is 15.7 Å². The molecule has 1 aromatic heterocycles. The maximum Gasteiger partial charge on any atom is 0.268 e. The molecule has 0 N–H and O–H groups in total. The summed E-state index contributed by atoms with van der Waals surface area (Å²) in [5, 5.41) is 1.32. The van der Waals surface area contributed by atoms with Crippen LogP contribution < -0.4 is 4.90 Å². The SMILES string of the molecule is CCSc1c2c(cc3c4ccccc4n(S(=O)(=O)c4ccccc4)c13)C(=O)N(c1ccccc1)C2=O. The Morgan fingerprint density at radius 2 is 1.42 bits per heavy atom. The van der Waals surface area contributed by atoms with Crippen LogP contribution in [0.3, 0.4) is 0 Å². The molecule has 178 valence electrons. The third-order valence-corrected chi connectivity index (χ3v) is 9.01. The van der Waals surface area contributed by atoms with Crippen molar-refractivity contribution in [1.29, 1.82) is 0 Å². The number of carbonyl (C=O) groups is 2. The summed E-state index contributed by atoms with van der Waals surface area (Å²) in [5.41, 5.74) is 1.92. The van der Waals surface area contributed by atoms with E-state index in [0.29, 0.717) is 38.1 Å². The number of amides is 2. The third-order valence-electron chi connectivity index (χ3n) is 6.31. The van der Waals surface area contributed by atoms with E-state index in [1.165, 1.54) is 20.6 Å². The molecule has 0 radical (unpaired) electrons. The normalized spacial score (nSPS) is 13.6. The number of nitrogens with zero attached hydrogens (tertiary/aromatic N) is 2. The lowest BCUT2D eigenvalue weighted by Crippen LogP contribution is -2.29. The van der Waals surface area contributed by atoms with Crippen LogP contribution in [0.2, 0.25) is 0 Å². The van der Waals surface area contributed by atoms with Gasteiger partial charge >= 0.3 is 0 Å². The van der Waals surface area contributed by atoms with Crippen LogP contribution in [-0.4, -0.2) is 30.0 Å². The molecule has 0 aliphatic carbocycles. The standard InChI is InChI=1S/C28H20N2O4S2/c1-2-35-26-24-22(27(31)29(28(24)32)18-11-5-3-6-12-18)17-21-20-15-9-10-16-23(20)30(25(21)26)36(33,34)19-13-7-4-8-14-19/h3-17H,2H2,1H3. The first kappa shape index (κ1) is 22.6. The molecule has 2 amide bonds. The molecule has 0 saturated heterocycles. The minimum absolute atomic E-state index is 0.147. The molecular formula is C28H20N2O4S2. The average Bonchev–Trinajstić information content (AvgIpc) is 3.37. The monoisotopic (exact) mass is 512 g/mol. The quantitative estimate of drug-likeness (QED) is 0.215. The summed E-state index contributed by atoms with van der Waals surface area (Å²) in [6.45, 7) is 1.94. The Morgan fingerprint density at radius 3 is 2.11 bits per heavy atom. The summed E-state index contributed by atoms with van der Waals surface area (Å²) in [4.78, 5) is 29.1. The van der Waals surface area contributed by atoms with Gasteiger partial charge in [-0.05, 0) is 42.2 Å². The molecule has 0 unspecified atom stereocenters. The predicted octanol–water partition coefficient (Wildman–Crippen LogP) is 5.94. The lowest BCUT2D eigenvalue weighted by molar-refractivity contribution is 0.0925. The summed E-state index contributed by atoms with van der Waals surface area (Å²) in [7, 11) is -4.01. The Kier molecular flexibility index (Phi) is 5.24. The molecule has 4 aromatic carbocycles.